The minimum absolute atomic E-state index is 0.148. The number of carbonyl (C=O) groups is 1. The zero-order chi connectivity index (χ0) is 12.5. The Morgan fingerprint density at radius 1 is 1.47 bits per heavy atom. The largest absolute Gasteiger partial charge is 0.379 e. The van der Waals surface area contributed by atoms with Gasteiger partial charge in [0.25, 0.3) is 0 Å². The molecule has 4 heteroatoms. The number of hydrogen-bond donors (Lipinski definition) is 1. The van der Waals surface area contributed by atoms with Gasteiger partial charge in [0, 0.05) is 19.6 Å². The normalized spacial score (nSPS) is 34.2. The van der Waals surface area contributed by atoms with Gasteiger partial charge in [0.15, 0.2) is 0 Å². The zero-order valence-corrected chi connectivity index (χ0v) is 10.9. The van der Waals surface area contributed by atoms with Crippen molar-refractivity contribution >= 4 is 5.91 Å². The van der Waals surface area contributed by atoms with Crippen molar-refractivity contribution in [3.05, 3.63) is 0 Å². The van der Waals surface area contributed by atoms with Crippen LogP contribution in [0.4, 0.5) is 0 Å². The van der Waals surface area contributed by atoms with Crippen LogP contribution in [0.15, 0.2) is 0 Å². The fourth-order valence-corrected chi connectivity index (χ4v) is 3.01. The van der Waals surface area contributed by atoms with Crippen molar-refractivity contribution in [3.63, 3.8) is 0 Å². The predicted octanol–water partition coefficient (Wildman–Crippen LogP) is 0.999. The lowest BCUT2D eigenvalue weighted by Crippen LogP contribution is -2.51. The first kappa shape index (κ1) is 12.8. The molecule has 1 amide bonds. The number of amides is 1. The van der Waals surface area contributed by atoms with E-state index in [0.717, 1.165) is 6.54 Å². The summed E-state index contributed by atoms with van der Waals surface area (Å²) in [5, 5.41) is 0. The first-order valence-corrected chi connectivity index (χ1v) is 6.63. The molecule has 1 aliphatic heterocycles. The van der Waals surface area contributed by atoms with Crippen molar-refractivity contribution in [1.82, 2.24) is 4.90 Å². The minimum atomic E-state index is -0.520. The van der Waals surface area contributed by atoms with Gasteiger partial charge in [-0.05, 0) is 25.7 Å². The standard InChI is InChI=1S/C13H24N2O2/c1-13(9-17-8-11(13)14)12(16)15(2)7-10-5-3-4-6-10/h10-11H,3-9,14H2,1-2H3. The van der Waals surface area contributed by atoms with Crippen LogP contribution in [0.1, 0.15) is 32.6 Å². The van der Waals surface area contributed by atoms with E-state index in [1.165, 1.54) is 25.7 Å². The summed E-state index contributed by atoms with van der Waals surface area (Å²) in [7, 11) is 1.90. The first-order valence-electron chi connectivity index (χ1n) is 6.63. The maximum Gasteiger partial charge on any atom is 0.232 e. The van der Waals surface area contributed by atoms with Gasteiger partial charge in [0.2, 0.25) is 5.91 Å². The van der Waals surface area contributed by atoms with E-state index in [9.17, 15) is 4.79 Å². The SMILES string of the molecule is CN(CC1CCCC1)C(=O)C1(C)COCC1N. The van der Waals surface area contributed by atoms with E-state index >= 15 is 0 Å². The van der Waals surface area contributed by atoms with Crippen LogP contribution in [-0.4, -0.2) is 43.7 Å². The second-order valence-corrected chi connectivity index (χ2v) is 5.88. The van der Waals surface area contributed by atoms with E-state index in [4.69, 9.17) is 10.5 Å². The lowest BCUT2D eigenvalue weighted by molar-refractivity contribution is -0.141. The average Bonchev–Trinajstić information content (AvgIpc) is 2.90. The molecule has 4 nitrogen and oxygen atoms in total. The van der Waals surface area contributed by atoms with Crippen molar-refractivity contribution in [2.24, 2.45) is 17.1 Å². The molecule has 2 N–H and O–H groups in total. The van der Waals surface area contributed by atoms with Gasteiger partial charge in [-0.15, -0.1) is 0 Å². The molecule has 0 bridgehead atoms. The maximum atomic E-state index is 12.4. The third kappa shape index (κ3) is 2.47. The number of carbonyl (C=O) groups excluding carboxylic acids is 1. The molecular weight excluding hydrogens is 216 g/mol. The monoisotopic (exact) mass is 240 g/mol. The quantitative estimate of drug-likeness (QED) is 0.800. The van der Waals surface area contributed by atoms with Gasteiger partial charge >= 0.3 is 0 Å². The summed E-state index contributed by atoms with van der Waals surface area (Å²) in [6.07, 6.45) is 5.15. The Morgan fingerprint density at radius 3 is 2.65 bits per heavy atom. The summed E-state index contributed by atoms with van der Waals surface area (Å²) in [6.45, 7) is 3.76. The highest BCUT2D eigenvalue weighted by molar-refractivity contribution is 5.83. The van der Waals surface area contributed by atoms with Gasteiger partial charge in [-0.2, -0.15) is 0 Å². The highest BCUT2D eigenvalue weighted by atomic mass is 16.5. The van der Waals surface area contributed by atoms with E-state index in [1.54, 1.807) is 0 Å². The fraction of sp³-hybridized carbons (Fsp3) is 0.923. The number of nitrogens with two attached hydrogens (primary N) is 1. The molecule has 2 fully saturated rings. The average molecular weight is 240 g/mol. The molecule has 2 aliphatic rings. The van der Waals surface area contributed by atoms with Crippen molar-refractivity contribution < 1.29 is 9.53 Å². The molecule has 2 atom stereocenters. The molecule has 0 aromatic carbocycles. The van der Waals surface area contributed by atoms with Gasteiger partial charge in [0.05, 0.1) is 18.6 Å². The topological polar surface area (TPSA) is 55.6 Å². The number of ether oxygens (including phenoxy) is 1. The molecule has 2 unspecified atom stereocenters. The number of rotatable bonds is 3. The third-order valence-corrected chi connectivity index (χ3v) is 4.36. The summed E-state index contributed by atoms with van der Waals surface area (Å²) in [5.74, 6) is 0.834. The van der Waals surface area contributed by atoms with Crippen molar-refractivity contribution in [1.29, 1.82) is 0 Å². The number of hydrogen-bond acceptors (Lipinski definition) is 3. The molecule has 2 rings (SSSR count). The van der Waals surface area contributed by atoms with E-state index < -0.39 is 5.41 Å². The van der Waals surface area contributed by atoms with E-state index in [-0.39, 0.29) is 11.9 Å². The van der Waals surface area contributed by atoms with Crippen LogP contribution in [0.25, 0.3) is 0 Å². The van der Waals surface area contributed by atoms with Crippen LogP contribution in [0.5, 0.6) is 0 Å². The molecule has 98 valence electrons. The summed E-state index contributed by atoms with van der Waals surface area (Å²) < 4.78 is 5.34. The Balaban J connectivity index is 1.94. The Hall–Kier alpha value is -0.610. The van der Waals surface area contributed by atoms with Crippen LogP contribution in [-0.2, 0) is 9.53 Å². The van der Waals surface area contributed by atoms with E-state index in [1.807, 2.05) is 18.9 Å². The molecule has 0 radical (unpaired) electrons. The molecule has 17 heavy (non-hydrogen) atoms. The summed E-state index contributed by atoms with van der Waals surface area (Å²) in [4.78, 5) is 14.3. The van der Waals surface area contributed by atoms with E-state index in [0.29, 0.717) is 19.1 Å². The molecule has 1 aliphatic carbocycles. The molecule has 0 aromatic heterocycles. The van der Waals surface area contributed by atoms with Crippen molar-refractivity contribution in [3.8, 4) is 0 Å². The Morgan fingerprint density at radius 2 is 2.12 bits per heavy atom. The number of nitrogens with zero attached hydrogens (tertiary/aromatic N) is 1. The second kappa shape index (κ2) is 4.94. The molecular formula is C13H24N2O2. The molecule has 1 saturated carbocycles. The molecule has 1 saturated heterocycles. The highest BCUT2D eigenvalue weighted by Gasteiger charge is 2.45. The van der Waals surface area contributed by atoms with Crippen molar-refractivity contribution in [2.45, 2.75) is 38.6 Å². The van der Waals surface area contributed by atoms with Gasteiger partial charge < -0.3 is 15.4 Å². The fourth-order valence-electron chi connectivity index (χ4n) is 3.01. The van der Waals surface area contributed by atoms with Crippen LogP contribution < -0.4 is 5.73 Å². The van der Waals surface area contributed by atoms with Crippen LogP contribution >= 0.6 is 0 Å². The smallest absolute Gasteiger partial charge is 0.232 e. The Bertz CT molecular complexity index is 289. The van der Waals surface area contributed by atoms with E-state index in [2.05, 4.69) is 0 Å². The van der Waals surface area contributed by atoms with Crippen LogP contribution in [0, 0.1) is 11.3 Å². The van der Waals surface area contributed by atoms with Crippen molar-refractivity contribution in [2.75, 3.05) is 26.8 Å². The molecule has 1 heterocycles. The maximum absolute atomic E-state index is 12.4. The summed E-state index contributed by atoms with van der Waals surface area (Å²) in [6, 6.07) is -0.166. The lowest BCUT2D eigenvalue weighted by Gasteiger charge is -2.32. The Kier molecular flexibility index (Phi) is 3.73. The Labute approximate surface area is 103 Å². The van der Waals surface area contributed by atoms with Crippen LogP contribution in [0.3, 0.4) is 0 Å². The third-order valence-electron chi connectivity index (χ3n) is 4.36. The van der Waals surface area contributed by atoms with Gasteiger partial charge in [-0.3, -0.25) is 4.79 Å². The summed E-state index contributed by atoms with van der Waals surface area (Å²) in [5.41, 5.74) is 5.47. The van der Waals surface area contributed by atoms with Gasteiger partial charge in [-0.25, -0.2) is 0 Å². The highest BCUT2D eigenvalue weighted by Crippen LogP contribution is 2.31. The first-order chi connectivity index (χ1) is 8.04. The molecule has 0 aromatic rings. The zero-order valence-electron chi connectivity index (χ0n) is 10.9. The minimum Gasteiger partial charge on any atom is -0.379 e. The predicted molar refractivity (Wildman–Crippen MR) is 66.5 cm³/mol. The van der Waals surface area contributed by atoms with Gasteiger partial charge in [0.1, 0.15) is 0 Å². The van der Waals surface area contributed by atoms with Crippen LogP contribution in [0.2, 0.25) is 0 Å². The molecule has 0 spiro atoms. The second-order valence-electron chi connectivity index (χ2n) is 5.88. The van der Waals surface area contributed by atoms with Gasteiger partial charge in [-0.1, -0.05) is 12.8 Å². The summed E-state index contributed by atoms with van der Waals surface area (Å²) >= 11 is 0. The lowest BCUT2D eigenvalue weighted by atomic mass is 9.84.